The van der Waals surface area contributed by atoms with Crippen LogP contribution < -0.4 is 15.4 Å². The number of hydrogen-bond donors (Lipinski definition) is 2. The Hall–Kier alpha value is -1.21. The Kier molecular flexibility index (Phi) is 4.48. The van der Waals surface area contributed by atoms with Crippen molar-refractivity contribution in [2.75, 3.05) is 13.1 Å². The minimum atomic E-state index is -2.91. The van der Waals surface area contributed by atoms with Crippen molar-refractivity contribution in [3.8, 4) is 5.75 Å². The van der Waals surface area contributed by atoms with Crippen LogP contribution in [0.3, 0.4) is 0 Å². The molecule has 1 amide bonds. The molecule has 0 bridgehead atoms. The van der Waals surface area contributed by atoms with Crippen LogP contribution in [0.1, 0.15) is 22.5 Å². The second-order valence-electron chi connectivity index (χ2n) is 3.99. The molecule has 1 fully saturated rings. The van der Waals surface area contributed by atoms with Gasteiger partial charge in [0, 0.05) is 6.04 Å². The Labute approximate surface area is 107 Å². The molecular weight excluding hydrogens is 262 g/mol. The van der Waals surface area contributed by atoms with Crippen LogP contribution in [0.5, 0.6) is 5.75 Å². The molecule has 1 aliphatic heterocycles. The molecule has 0 spiro atoms. The lowest BCUT2D eigenvalue weighted by Crippen LogP contribution is -2.42. The molecule has 0 saturated carbocycles. The van der Waals surface area contributed by atoms with E-state index >= 15 is 0 Å². The number of piperidine rings is 1. The summed E-state index contributed by atoms with van der Waals surface area (Å²) >= 11 is 1.10. The predicted octanol–water partition coefficient (Wildman–Crippen LogP) is 1.83. The summed E-state index contributed by atoms with van der Waals surface area (Å²) in [6.07, 6.45) is 1.70. The highest BCUT2D eigenvalue weighted by molar-refractivity contribution is 7.12. The Morgan fingerprint density at radius 2 is 2.22 bits per heavy atom. The van der Waals surface area contributed by atoms with E-state index in [2.05, 4.69) is 15.4 Å². The summed E-state index contributed by atoms with van der Waals surface area (Å²) in [4.78, 5) is 12.1. The van der Waals surface area contributed by atoms with E-state index in [1.165, 1.54) is 6.07 Å². The Balaban J connectivity index is 1.97. The lowest BCUT2D eigenvalue weighted by molar-refractivity contribution is -0.0498. The lowest BCUT2D eigenvalue weighted by Gasteiger charge is -2.23. The van der Waals surface area contributed by atoms with E-state index in [9.17, 15) is 13.6 Å². The van der Waals surface area contributed by atoms with Crippen molar-refractivity contribution in [1.82, 2.24) is 10.6 Å². The first-order valence-corrected chi connectivity index (χ1v) is 6.58. The van der Waals surface area contributed by atoms with E-state index in [-0.39, 0.29) is 22.6 Å². The average Bonchev–Trinajstić information content (AvgIpc) is 2.77. The number of nitrogens with one attached hydrogen (secondary N) is 2. The molecule has 0 unspecified atom stereocenters. The van der Waals surface area contributed by atoms with Gasteiger partial charge in [-0.05, 0) is 37.4 Å². The first kappa shape index (κ1) is 13.2. The first-order valence-electron chi connectivity index (χ1n) is 5.70. The maximum Gasteiger partial charge on any atom is 0.387 e. The molecule has 1 aliphatic rings. The third kappa shape index (κ3) is 3.39. The van der Waals surface area contributed by atoms with Gasteiger partial charge in [0.2, 0.25) is 0 Å². The summed E-state index contributed by atoms with van der Waals surface area (Å²) in [5.74, 6) is -0.394. The number of amides is 1. The molecule has 0 atom stereocenters. The van der Waals surface area contributed by atoms with Crippen molar-refractivity contribution in [2.45, 2.75) is 25.5 Å². The van der Waals surface area contributed by atoms with Crippen LogP contribution in [-0.2, 0) is 0 Å². The largest absolute Gasteiger partial charge is 0.433 e. The number of hydrogen-bond acceptors (Lipinski definition) is 4. The summed E-state index contributed by atoms with van der Waals surface area (Å²) < 4.78 is 28.6. The smallest absolute Gasteiger partial charge is 0.387 e. The summed E-state index contributed by atoms with van der Waals surface area (Å²) in [6.45, 7) is -1.20. The number of thiophene rings is 1. The van der Waals surface area contributed by atoms with E-state index in [0.29, 0.717) is 0 Å². The van der Waals surface area contributed by atoms with Crippen molar-refractivity contribution in [3.05, 3.63) is 16.3 Å². The van der Waals surface area contributed by atoms with Gasteiger partial charge < -0.3 is 15.4 Å². The predicted molar refractivity (Wildman–Crippen MR) is 64.3 cm³/mol. The maximum atomic E-state index is 12.1. The van der Waals surface area contributed by atoms with Gasteiger partial charge in [0.25, 0.3) is 5.91 Å². The summed E-state index contributed by atoms with van der Waals surface area (Å²) in [6, 6.07) is 1.48. The van der Waals surface area contributed by atoms with Crippen LogP contribution >= 0.6 is 11.3 Å². The Bertz CT molecular complexity index is 406. The normalized spacial score (nSPS) is 16.8. The number of carbonyl (C=O) groups is 1. The first-order chi connectivity index (χ1) is 8.66. The second kappa shape index (κ2) is 6.10. The van der Waals surface area contributed by atoms with Crippen LogP contribution in [0.15, 0.2) is 11.4 Å². The fourth-order valence-corrected chi connectivity index (χ4v) is 2.60. The summed E-state index contributed by atoms with van der Waals surface area (Å²) in [5.41, 5.74) is 0. The van der Waals surface area contributed by atoms with Crippen molar-refractivity contribution >= 4 is 17.2 Å². The van der Waals surface area contributed by atoms with Gasteiger partial charge in [-0.3, -0.25) is 4.79 Å². The minimum absolute atomic E-state index is 0.0542. The monoisotopic (exact) mass is 276 g/mol. The maximum absolute atomic E-state index is 12.1. The third-order valence-corrected chi connectivity index (χ3v) is 3.62. The fraction of sp³-hybridized carbons (Fsp3) is 0.545. The van der Waals surface area contributed by atoms with Gasteiger partial charge >= 0.3 is 6.61 Å². The zero-order valence-electron chi connectivity index (χ0n) is 9.62. The number of halogens is 2. The molecule has 0 aliphatic carbocycles. The number of ether oxygens (including phenoxy) is 1. The highest BCUT2D eigenvalue weighted by Crippen LogP contribution is 2.26. The van der Waals surface area contributed by atoms with E-state index in [0.717, 1.165) is 37.3 Å². The van der Waals surface area contributed by atoms with E-state index in [1.54, 1.807) is 5.38 Å². The quantitative estimate of drug-likeness (QED) is 0.882. The lowest BCUT2D eigenvalue weighted by atomic mass is 10.1. The number of rotatable bonds is 4. The molecule has 0 aromatic carbocycles. The molecule has 4 nitrogen and oxygen atoms in total. The van der Waals surface area contributed by atoms with Gasteiger partial charge in [-0.1, -0.05) is 0 Å². The third-order valence-electron chi connectivity index (χ3n) is 2.73. The molecule has 100 valence electrons. The minimum Gasteiger partial charge on any atom is -0.433 e. The van der Waals surface area contributed by atoms with Crippen molar-refractivity contribution in [2.24, 2.45) is 0 Å². The summed E-state index contributed by atoms with van der Waals surface area (Å²) in [7, 11) is 0. The van der Waals surface area contributed by atoms with Gasteiger partial charge in [0.1, 0.15) is 10.6 Å². The van der Waals surface area contributed by atoms with Crippen molar-refractivity contribution in [1.29, 1.82) is 0 Å². The molecule has 7 heteroatoms. The van der Waals surface area contributed by atoms with Crippen LogP contribution in [0.4, 0.5) is 8.78 Å². The number of carbonyl (C=O) groups excluding carboxylic acids is 1. The molecule has 2 rings (SSSR count). The van der Waals surface area contributed by atoms with Crippen LogP contribution in [0.25, 0.3) is 0 Å². The summed E-state index contributed by atoms with van der Waals surface area (Å²) in [5, 5.41) is 7.59. The van der Waals surface area contributed by atoms with Gasteiger partial charge in [-0.2, -0.15) is 8.78 Å². The van der Waals surface area contributed by atoms with Crippen molar-refractivity contribution < 1.29 is 18.3 Å². The molecule has 1 saturated heterocycles. The van der Waals surface area contributed by atoms with Gasteiger partial charge in [-0.25, -0.2) is 0 Å². The highest BCUT2D eigenvalue weighted by Gasteiger charge is 2.21. The zero-order valence-corrected chi connectivity index (χ0v) is 10.4. The topological polar surface area (TPSA) is 50.4 Å². The van der Waals surface area contributed by atoms with Crippen LogP contribution in [0, 0.1) is 0 Å². The molecule has 1 aromatic rings. The SMILES string of the molecule is O=C(NC1CCNCC1)c1sccc1OC(F)F. The standard InChI is InChI=1S/C11H14F2N2O2S/c12-11(13)17-8-3-6-18-9(8)10(16)15-7-1-4-14-5-2-7/h3,6-7,11,14H,1-2,4-5H2,(H,15,16). The van der Waals surface area contributed by atoms with Crippen LogP contribution in [-0.4, -0.2) is 31.7 Å². The van der Waals surface area contributed by atoms with E-state index in [4.69, 9.17) is 0 Å². The van der Waals surface area contributed by atoms with Gasteiger partial charge in [0.05, 0.1) is 0 Å². The van der Waals surface area contributed by atoms with Gasteiger partial charge in [0.15, 0.2) is 0 Å². The second-order valence-corrected chi connectivity index (χ2v) is 4.91. The molecular formula is C11H14F2N2O2S. The highest BCUT2D eigenvalue weighted by atomic mass is 32.1. The molecule has 2 N–H and O–H groups in total. The number of alkyl halides is 2. The van der Waals surface area contributed by atoms with E-state index in [1.807, 2.05) is 0 Å². The Morgan fingerprint density at radius 1 is 1.50 bits per heavy atom. The Morgan fingerprint density at radius 3 is 2.89 bits per heavy atom. The molecule has 18 heavy (non-hydrogen) atoms. The average molecular weight is 276 g/mol. The van der Waals surface area contributed by atoms with Crippen molar-refractivity contribution in [3.63, 3.8) is 0 Å². The zero-order chi connectivity index (χ0) is 13.0. The molecule has 1 aromatic heterocycles. The van der Waals surface area contributed by atoms with Gasteiger partial charge in [-0.15, -0.1) is 11.3 Å². The molecule has 2 heterocycles. The van der Waals surface area contributed by atoms with E-state index < -0.39 is 6.61 Å². The molecule has 0 radical (unpaired) electrons. The fourth-order valence-electron chi connectivity index (χ4n) is 1.87. The van der Waals surface area contributed by atoms with Crippen LogP contribution in [0.2, 0.25) is 0 Å².